The Hall–Kier alpha value is -4.09. The Balaban J connectivity index is 1.27. The van der Waals surface area contributed by atoms with Crippen LogP contribution in [0.25, 0.3) is 16.9 Å². The summed E-state index contributed by atoms with van der Waals surface area (Å²) in [5.41, 5.74) is 2.99. The summed E-state index contributed by atoms with van der Waals surface area (Å²) in [5, 5.41) is 9.58. The number of benzene rings is 2. The van der Waals surface area contributed by atoms with Gasteiger partial charge in [0.05, 0.1) is 19.0 Å². The molecule has 0 bridgehead atoms. The van der Waals surface area contributed by atoms with E-state index >= 15 is 0 Å². The Morgan fingerprint density at radius 1 is 1.13 bits per heavy atom. The van der Waals surface area contributed by atoms with Crippen molar-refractivity contribution in [2.24, 2.45) is 0 Å². The Morgan fingerprint density at radius 3 is 2.72 bits per heavy atom. The molecule has 3 N–H and O–H groups in total. The molecule has 0 saturated carbocycles. The second kappa shape index (κ2) is 11.7. The summed E-state index contributed by atoms with van der Waals surface area (Å²) >= 11 is 0. The number of amides is 1. The highest BCUT2D eigenvalue weighted by Gasteiger charge is 2.19. The van der Waals surface area contributed by atoms with E-state index in [0.29, 0.717) is 29.3 Å². The number of imidazole rings is 1. The number of halogens is 2. The second-order valence-electron chi connectivity index (χ2n) is 9.41. The summed E-state index contributed by atoms with van der Waals surface area (Å²) in [6.07, 6.45) is 5.55. The average molecular weight is 536 g/mol. The summed E-state index contributed by atoms with van der Waals surface area (Å²) in [6.45, 7) is 7.58. The van der Waals surface area contributed by atoms with E-state index < -0.39 is 11.6 Å². The summed E-state index contributed by atoms with van der Waals surface area (Å²) in [5.74, 6) is -1.92. The first kappa shape index (κ1) is 26.5. The van der Waals surface area contributed by atoms with Crippen LogP contribution >= 0.6 is 0 Å². The van der Waals surface area contributed by atoms with Crippen LogP contribution in [0.4, 0.5) is 20.3 Å². The number of hydrogen-bond acceptors (Lipinski definition) is 7. The molecular formula is C28H31F2N7O2. The quantitative estimate of drug-likeness (QED) is 0.281. The Bertz CT molecular complexity index is 1480. The summed E-state index contributed by atoms with van der Waals surface area (Å²) < 4.78 is 35.6. The van der Waals surface area contributed by atoms with Crippen LogP contribution in [-0.2, 0) is 0 Å². The molecule has 1 saturated heterocycles. The lowest BCUT2D eigenvalue weighted by Crippen LogP contribution is -2.44. The van der Waals surface area contributed by atoms with Gasteiger partial charge in [0.1, 0.15) is 0 Å². The molecule has 1 amide bonds. The van der Waals surface area contributed by atoms with Gasteiger partial charge in [0.25, 0.3) is 5.91 Å². The van der Waals surface area contributed by atoms with Gasteiger partial charge in [0, 0.05) is 61.9 Å². The van der Waals surface area contributed by atoms with E-state index in [9.17, 15) is 13.6 Å². The molecule has 1 aliphatic rings. The highest BCUT2D eigenvalue weighted by atomic mass is 19.2. The highest BCUT2D eigenvalue weighted by Crippen LogP contribution is 2.31. The van der Waals surface area contributed by atoms with Crippen LogP contribution in [0, 0.1) is 18.6 Å². The van der Waals surface area contributed by atoms with E-state index in [0.717, 1.165) is 50.4 Å². The molecule has 9 nitrogen and oxygen atoms in total. The van der Waals surface area contributed by atoms with E-state index in [1.165, 1.54) is 25.4 Å². The van der Waals surface area contributed by atoms with Crippen molar-refractivity contribution in [3.63, 3.8) is 0 Å². The standard InChI is InChI=1S/C28H31F2N7O2/c1-18-16-19(4-5-20(18)28(38)33-8-3-12-36-13-9-31-10-14-36)35-26-27-34-17-22(37(27)15-11-32-26)21-6-7-23(39-2)25(30)24(21)29/h4-7,11,15-17,31H,3,8-10,12-14H2,1-2H3,(H,32,35)(H,33,38). The van der Waals surface area contributed by atoms with Crippen molar-refractivity contribution < 1.29 is 18.3 Å². The molecule has 0 aliphatic carbocycles. The number of methoxy groups -OCH3 is 1. The van der Waals surface area contributed by atoms with Gasteiger partial charge in [-0.15, -0.1) is 0 Å². The number of rotatable bonds is 9. The molecule has 0 radical (unpaired) electrons. The third-order valence-electron chi connectivity index (χ3n) is 6.85. The molecule has 1 aliphatic heterocycles. The number of nitrogens with one attached hydrogen (secondary N) is 3. The van der Waals surface area contributed by atoms with Crippen LogP contribution in [0.2, 0.25) is 0 Å². The van der Waals surface area contributed by atoms with Gasteiger partial charge in [-0.1, -0.05) is 0 Å². The monoisotopic (exact) mass is 535 g/mol. The Kier molecular flexibility index (Phi) is 7.99. The maximum Gasteiger partial charge on any atom is 0.251 e. The zero-order valence-corrected chi connectivity index (χ0v) is 21.9. The zero-order valence-electron chi connectivity index (χ0n) is 21.9. The predicted octanol–water partition coefficient (Wildman–Crippen LogP) is 3.76. The van der Waals surface area contributed by atoms with Crippen LogP contribution in [0.5, 0.6) is 5.75 Å². The van der Waals surface area contributed by atoms with Gasteiger partial charge in [-0.2, -0.15) is 4.39 Å². The van der Waals surface area contributed by atoms with E-state index in [2.05, 4.69) is 30.8 Å². The minimum absolute atomic E-state index is 0.0529. The number of piperazine rings is 1. The van der Waals surface area contributed by atoms with Crippen LogP contribution in [0.1, 0.15) is 22.3 Å². The van der Waals surface area contributed by atoms with Crippen LogP contribution in [-0.4, -0.2) is 71.6 Å². The fraction of sp³-hybridized carbons (Fsp3) is 0.321. The fourth-order valence-electron chi connectivity index (χ4n) is 4.76. The predicted molar refractivity (Wildman–Crippen MR) is 146 cm³/mol. The second-order valence-corrected chi connectivity index (χ2v) is 9.41. The number of nitrogens with zero attached hydrogens (tertiary/aromatic N) is 4. The summed E-state index contributed by atoms with van der Waals surface area (Å²) in [7, 11) is 1.28. The van der Waals surface area contributed by atoms with E-state index in [1.807, 2.05) is 13.0 Å². The highest BCUT2D eigenvalue weighted by molar-refractivity contribution is 5.96. The molecule has 4 aromatic rings. The first-order valence-corrected chi connectivity index (χ1v) is 12.9. The van der Waals surface area contributed by atoms with Crippen LogP contribution in [0.3, 0.4) is 0 Å². The lowest BCUT2D eigenvalue weighted by atomic mass is 10.1. The first-order chi connectivity index (χ1) is 19.0. The Labute approximate surface area is 225 Å². The number of aryl methyl sites for hydroxylation is 1. The van der Waals surface area contributed by atoms with Crippen molar-refractivity contribution in [1.29, 1.82) is 0 Å². The summed E-state index contributed by atoms with van der Waals surface area (Å²) in [4.78, 5) is 23.9. The molecule has 1 fully saturated rings. The van der Waals surface area contributed by atoms with Crippen molar-refractivity contribution in [3.05, 3.63) is 71.7 Å². The van der Waals surface area contributed by atoms with Gasteiger partial charge >= 0.3 is 0 Å². The number of ether oxygens (including phenoxy) is 1. The molecule has 0 atom stereocenters. The topological polar surface area (TPSA) is 95.8 Å². The molecular weight excluding hydrogens is 504 g/mol. The van der Waals surface area contributed by atoms with Gasteiger partial charge in [-0.05, 0) is 55.8 Å². The Morgan fingerprint density at radius 2 is 1.95 bits per heavy atom. The fourth-order valence-corrected chi connectivity index (χ4v) is 4.76. The lowest BCUT2D eigenvalue weighted by Gasteiger charge is -2.27. The molecule has 39 heavy (non-hydrogen) atoms. The smallest absolute Gasteiger partial charge is 0.251 e. The largest absolute Gasteiger partial charge is 0.494 e. The van der Waals surface area contributed by atoms with E-state index in [4.69, 9.17) is 4.74 Å². The van der Waals surface area contributed by atoms with Crippen molar-refractivity contribution in [3.8, 4) is 17.0 Å². The minimum atomic E-state index is -1.06. The zero-order chi connectivity index (χ0) is 27.4. The van der Waals surface area contributed by atoms with Crippen molar-refractivity contribution in [2.75, 3.05) is 51.7 Å². The number of anilines is 2. The van der Waals surface area contributed by atoms with E-state index in [1.54, 1.807) is 28.9 Å². The maximum atomic E-state index is 14.8. The van der Waals surface area contributed by atoms with Gasteiger partial charge in [-0.25, -0.2) is 14.4 Å². The third-order valence-corrected chi connectivity index (χ3v) is 6.85. The van der Waals surface area contributed by atoms with Crippen molar-refractivity contribution >= 4 is 23.1 Å². The minimum Gasteiger partial charge on any atom is -0.494 e. The molecule has 2 aromatic heterocycles. The van der Waals surface area contributed by atoms with Gasteiger partial charge in [-0.3, -0.25) is 9.20 Å². The number of hydrogen-bond donors (Lipinski definition) is 3. The van der Waals surface area contributed by atoms with Gasteiger partial charge in [0.15, 0.2) is 23.0 Å². The third kappa shape index (κ3) is 5.69. The van der Waals surface area contributed by atoms with E-state index in [-0.39, 0.29) is 17.2 Å². The number of aromatic nitrogens is 3. The lowest BCUT2D eigenvalue weighted by molar-refractivity contribution is 0.0950. The summed E-state index contributed by atoms with van der Waals surface area (Å²) in [6, 6.07) is 8.27. The molecule has 3 heterocycles. The molecule has 2 aromatic carbocycles. The maximum absolute atomic E-state index is 14.8. The molecule has 11 heteroatoms. The molecule has 0 spiro atoms. The van der Waals surface area contributed by atoms with Crippen molar-refractivity contribution in [1.82, 2.24) is 29.9 Å². The number of carbonyl (C=O) groups is 1. The first-order valence-electron chi connectivity index (χ1n) is 12.9. The normalized spacial score (nSPS) is 13.9. The number of carbonyl (C=O) groups excluding carboxylic acids is 1. The van der Waals surface area contributed by atoms with Crippen LogP contribution < -0.4 is 20.7 Å². The van der Waals surface area contributed by atoms with Crippen LogP contribution in [0.15, 0.2) is 48.9 Å². The van der Waals surface area contributed by atoms with Gasteiger partial charge in [0.2, 0.25) is 5.82 Å². The molecule has 204 valence electrons. The molecule has 0 unspecified atom stereocenters. The van der Waals surface area contributed by atoms with Crippen molar-refractivity contribution in [2.45, 2.75) is 13.3 Å². The van der Waals surface area contributed by atoms with Gasteiger partial charge < -0.3 is 25.6 Å². The number of fused-ring (bicyclic) bond motifs is 1. The molecule has 5 rings (SSSR count). The SMILES string of the molecule is COc1ccc(-c2cnc3c(Nc4ccc(C(=O)NCCCN5CCNCC5)c(C)c4)nccn23)c(F)c1F. The average Bonchev–Trinajstić information content (AvgIpc) is 3.38.